The number of hydrogen-bond acceptors (Lipinski definition) is 7. The van der Waals surface area contributed by atoms with Crippen LogP contribution in [0.15, 0.2) is 52.3 Å². The van der Waals surface area contributed by atoms with Gasteiger partial charge in [0.2, 0.25) is 26.0 Å². The summed E-state index contributed by atoms with van der Waals surface area (Å²) in [5.41, 5.74) is 0.369. The minimum absolute atomic E-state index is 0.00176. The third-order valence-electron chi connectivity index (χ3n) is 5.37. The highest BCUT2D eigenvalue weighted by atomic mass is 32.2. The molecule has 0 aliphatic carbocycles. The molecule has 1 unspecified atom stereocenters. The van der Waals surface area contributed by atoms with Crippen LogP contribution in [0.3, 0.4) is 0 Å². The van der Waals surface area contributed by atoms with Crippen molar-refractivity contribution >= 4 is 31.6 Å². The zero-order chi connectivity index (χ0) is 24.4. The molecule has 0 saturated carbocycles. The van der Waals surface area contributed by atoms with Crippen LogP contribution in [0.1, 0.15) is 12.8 Å². The molecule has 33 heavy (non-hydrogen) atoms. The summed E-state index contributed by atoms with van der Waals surface area (Å²) >= 11 is 0. The molecule has 0 radical (unpaired) electrons. The fourth-order valence-electron chi connectivity index (χ4n) is 3.55. The number of nitrogens with one attached hydrogen (secondary N) is 1. The van der Waals surface area contributed by atoms with Gasteiger partial charge in [-0.15, -0.1) is 0 Å². The second-order valence-electron chi connectivity index (χ2n) is 7.59. The van der Waals surface area contributed by atoms with Crippen LogP contribution in [0, 0.1) is 0 Å². The highest BCUT2D eigenvalue weighted by Gasteiger charge is 2.39. The quantitative estimate of drug-likeness (QED) is 0.589. The maximum Gasteiger partial charge on any atom is 0.243 e. The van der Waals surface area contributed by atoms with Crippen molar-refractivity contribution in [3.8, 4) is 11.5 Å². The van der Waals surface area contributed by atoms with Crippen LogP contribution in [-0.4, -0.2) is 72.3 Å². The fourth-order valence-corrected chi connectivity index (χ4v) is 6.12. The summed E-state index contributed by atoms with van der Waals surface area (Å²) in [7, 11) is -1.84. The van der Waals surface area contributed by atoms with E-state index in [9.17, 15) is 21.6 Å². The molecule has 1 heterocycles. The molecule has 1 amide bonds. The summed E-state index contributed by atoms with van der Waals surface area (Å²) in [6.07, 6.45) is 0.899. The highest BCUT2D eigenvalue weighted by Crippen LogP contribution is 2.33. The van der Waals surface area contributed by atoms with Gasteiger partial charge in [0.1, 0.15) is 6.04 Å². The first-order chi connectivity index (χ1) is 15.5. The number of ether oxygens (including phenoxy) is 2. The Bertz CT molecular complexity index is 1230. The number of carbonyl (C=O) groups excluding carboxylic acids is 1. The zero-order valence-electron chi connectivity index (χ0n) is 18.8. The van der Waals surface area contributed by atoms with Crippen molar-refractivity contribution in [3.05, 3.63) is 42.5 Å². The topological polar surface area (TPSA) is 122 Å². The van der Waals surface area contributed by atoms with Crippen molar-refractivity contribution in [2.75, 3.05) is 40.2 Å². The van der Waals surface area contributed by atoms with Gasteiger partial charge in [0.25, 0.3) is 0 Å². The predicted molar refractivity (Wildman–Crippen MR) is 122 cm³/mol. The fraction of sp³-hybridized carbons (Fsp3) is 0.381. The van der Waals surface area contributed by atoms with Crippen LogP contribution in [0.5, 0.6) is 11.5 Å². The van der Waals surface area contributed by atoms with Gasteiger partial charge in [-0.25, -0.2) is 21.1 Å². The van der Waals surface area contributed by atoms with Crippen molar-refractivity contribution in [2.24, 2.45) is 0 Å². The van der Waals surface area contributed by atoms with E-state index in [1.54, 1.807) is 0 Å². The van der Waals surface area contributed by atoms with Crippen molar-refractivity contribution < 1.29 is 31.1 Å². The van der Waals surface area contributed by atoms with Gasteiger partial charge < -0.3 is 14.8 Å². The summed E-state index contributed by atoms with van der Waals surface area (Å²) in [4.78, 5) is 13.0. The number of benzene rings is 2. The van der Waals surface area contributed by atoms with Crippen LogP contribution in [0.2, 0.25) is 0 Å². The Morgan fingerprint density at radius 1 is 0.970 bits per heavy atom. The standard InChI is InChI=1S/C21H27N3O7S2/c1-23(2)32(26,27)16-9-7-15(8-10-16)22-21(25)18-6-5-13-24(18)33(28,29)17-11-12-19(30-3)20(14-17)31-4/h7-12,14,18H,5-6,13H2,1-4H3,(H,22,25). The van der Waals surface area contributed by atoms with Gasteiger partial charge in [0.15, 0.2) is 11.5 Å². The van der Waals surface area contributed by atoms with E-state index >= 15 is 0 Å². The molecule has 12 heteroatoms. The van der Waals surface area contributed by atoms with E-state index in [1.165, 1.54) is 75.1 Å². The summed E-state index contributed by atoms with van der Waals surface area (Å²) in [6, 6.07) is 9.09. The molecule has 0 bridgehead atoms. The van der Waals surface area contributed by atoms with E-state index in [0.29, 0.717) is 24.3 Å². The molecule has 3 rings (SSSR count). The average molecular weight is 498 g/mol. The molecule has 0 aromatic heterocycles. The lowest BCUT2D eigenvalue weighted by atomic mass is 10.2. The largest absolute Gasteiger partial charge is 0.493 e. The molecular formula is C21H27N3O7S2. The van der Waals surface area contributed by atoms with E-state index in [1.807, 2.05) is 0 Å². The Labute approximate surface area is 194 Å². The second kappa shape index (κ2) is 9.67. The van der Waals surface area contributed by atoms with Crippen molar-refractivity contribution in [2.45, 2.75) is 28.7 Å². The SMILES string of the molecule is COc1ccc(S(=O)(=O)N2CCCC2C(=O)Nc2ccc(S(=O)(=O)N(C)C)cc2)cc1OC. The maximum atomic E-state index is 13.3. The minimum Gasteiger partial charge on any atom is -0.493 e. The van der Waals surface area contributed by atoms with Gasteiger partial charge in [-0.2, -0.15) is 4.31 Å². The summed E-state index contributed by atoms with van der Waals surface area (Å²) in [6.45, 7) is 0.203. The van der Waals surface area contributed by atoms with Gasteiger partial charge in [0.05, 0.1) is 24.0 Å². The molecule has 2 aromatic rings. The van der Waals surface area contributed by atoms with E-state index in [2.05, 4.69) is 5.32 Å². The van der Waals surface area contributed by atoms with E-state index < -0.39 is 32.0 Å². The first-order valence-corrected chi connectivity index (χ1v) is 13.0. The molecule has 2 aromatic carbocycles. The van der Waals surface area contributed by atoms with E-state index in [0.717, 1.165) is 4.31 Å². The predicted octanol–water partition coefficient (Wildman–Crippen LogP) is 1.75. The lowest BCUT2D eigenvalue weighted by Crippen LogP contribution is -2.43. The zero-order valence-corrected chi connectivity index (χ0v) is 20.4. The van der Waals surface area contributed by atoms with Crippen LogP contribution in [-0.2, 0) is 24.8 Å². The summed E-state index contributed by atoms with van der Waals surface area (Å²) in [5.74, 6) is 0.179. The van der Waals surface area contributed by atoms with Crippen LogP contribution < -0.4 is 14.8 Å². The molecule has 1 aliphatic rings. The summed E-state index contributed by atoms with van der Waals surface area (Å²) < 4.78 is 63.6. The number of rotatable bonds is 8. The Morgan fingerprint density at radius 3 is 2.15 bits per heavy atom. The van der Waals surface area contributed by atoms with Crippen molar-refractivity contribution in [1.82, 2.24) is 8.61 Å². The smallest absolute Gasteiger partial charge is 0.243 e. The molecule has 1 aliphatic heterocycles. The Morgan fingerprint density at radius 2 is 1.58 bits per heavy atom. The van der Waals surface area contributed by atoms with Gasteiger partial charge in [0, 0.05) is 32.4 Å². The van der Waals surface area contributed by atoms with E-state index in [4.69, 9.17) is 9.47 Å². The van der Waals surface area contributed by atoms with Gasteiger partial charge in [-0.1, -0.05) is 0 Å². The molecule has 1 saturated heterocycles. The van der Waals surface area contributed by atoms with Gasteiger partial charge in [-0.05, 0) is 49.2 Å². The lowest BCUT2D eigenvalue weighted by Gasteiger charge is -2.24. The Balaban J connectivity index is 1.80. The van der Waals surface area contributed by atoms with Crippen LogP contribution in [0.25, 0.3) is 0 Å². The molecular weight excluding hydrogens is 470 g/mol. The number of carbonyl (C=O) groups is 1. The van der Waals surface area contributed by atoms with Crippen LogP contribution >= 0.6 is 0 Å². The second-order valence-corrected chi connectivity index (χ2v) is 11.6. The Hall–Kier alpha value is -2.67. The lowest BCUT2D eigenvalue weighted by molar-refractivity contribution is -0.119. The number of hydrogen-bond donors (Lipinski definition) is 1. The van der Waals surface area contributed by atoms with Crippen molar-refractivity contribution in [3.63, 3.8) is 0 Å². The molecule has 1 N–H and O–H groups in total. The molecule has 1 fully saturated rings. The van der Waals surface area contributed by atoms with Gasteiger partial charge >= 0.3 is 0 Å². The minimum atomic E-state index is -3.97. The Kier molecular flexibility index (Phi) is 7.32. The number of sulfonamides is 2. The first kappa shape index (κ1) is 25.0. The third kappa shape index (κ3) is 4.98. The number of nitrogens with zero attached hydrogens (tertiary/aromatic N) is 2. The molecule has 0 spiro atoms. The van der Waals surface area contributed by atoms with Gasteiger partial charge in [-0.3, -0.25) is 4.79 Å². The number of amides is 1. The normalized spacial score (nSPS) is 17.2. The highest BCUT2D eigenvalue weighted by molar-refractivity contribution is 7.89. The molecule has 180 valence electrons. The maximum absolute atomic E-state index is 13.3. The van der Waals surface area contributed by atoms with Crippen LogP contribution in [0.4, 0.5) is 5.69 Å². The molecule has 1 atom stereocenters. The number of anilines is 1. The average Bonchev–Trinajstić information content (AvgIpc) is 3.30. The third-order valence-corrected chi connectivity index (χ3v) is 9.10. The van der Waals surface area contributed by atoms with E-state index in [-0.39, 0.29) is 22.1 Å². The number of methoxy groups -OCH3 is 2. The van der Waals surface area contributed by atoms with Crippen molar-refractivity contribution in [1.29, 1.82) is 0 Å². The monoisotopic (exact) mass is 497 g/mol. The first-order valence-electron chi connectivity index (χ1n) is 10.1. The molecule has 10 nitrogen and oxygen atoms in total. The summed E-state index contributed by atoms with van der Waals surface area (Å²) in [5, 5.41) is 2.69.